The van der Waals surface area contributed by atoms with Crippen LogP contribution >= 0.6 is 0 Å². The molecule has 1 N–H and O–H groups in total. The zero-order chi connectivity index (χ0) is 21.4. The molecule has 0 bridgehead atoms. The highest BCUT2D eigenvalue weighted by Crippen LogP contribution is 2.33. The van der Waals surface area contributed by atoms with E-state index in [0.717, 1.165) is 6.07 Å². The normalized spacial score (nSPS) is 15.0. The molecule has 0 radical (unpaired) electrons. The lowest BCUT2D eigenvalue weighted by Gasteiger charge is -2.40. The molecule has 0 unspecified atom stereocenters. The summed E-state index contributed by atoms with van der Waals surface area (Å²) < 4.78 is 84.0. The van der Waals surface area contributed by atoms with Crippen molar-refractivity contribution in [2.75, 3.05) is 18.0 Å². The van der Waals surface area contributed by atoms with E-state index < -0.39 is 41.6 Å². The number of nitrogens with zero attached hydrogens (tertiary/aromatic N) is 3. The Balaban J connectivity index is 1.67. The van der Waals surface area contributed by atoms with Gasteiger partial charge >= 0.3 is 18.5 Å². The summed E-state index contributed by atoms with van der Waals surface area (Å²) in [6.07, 6.45) is -9.73. The lowest BCUT2D eigenvalue weighted by Crippen LogP contribution is -2.54. The van der Waals surface area contributed by atoms with Crippen LogP contribution in [0.2, 0.25) is 0 Å². The van der Waals surface area contributed by atoms with Crippen LogP contribution in [-0.2, 0) is 6.18 Å². The summed E-state index contributed by atoms with van der Waals surface area (Å²) >= 11 is 0. The minimum Gasteiger partial charge on any atom is -0.478 e. The van der Waals surface area contributed by atoms with E-state index >= 15 is 0 Å². The SMILES string of the molecule is O=C(O)c1cc(C(F)(F)F)cnc1N1CC(Oc2cccc(OC(F)(F)F)n2)C1. The van der Waals surface area contributed by atoms with Crippen molar-refractivity contribution in [1.82, 2.24) is 9.97 Å². The number of aromatic nitrogens is 2. The van der Waals surface area contributed by atoms with E-state index in [1.165, 1.54) is 17.0 Å². The van der Waals surface area contributed by atoms with Gasteiger partial charge in [0.05, 0.1) is 18.7 Å². The number of anilines is 1. The molecule has 0 amide bonds. The van der Waals surface area contributed by atoms with Gasteiger partial charge in [0.15, 0.2) is 0 Å². The maximum Gasteiger partial charge on any atom is 0.574 e. The molecule has 13 heteroatoms. The fourth-order valence-corrected chi connectivity index (χ4v) is 2.52. The number of carboxylic acid groups (broad SMARTS) is 1. The van der Waals surface area contributed by atoms with Crippen LogP contribution in [0.5, 0.6) is 11.8 Å². The molecule has 3 rings (SSSR count). The van der Waals surface area contributed by atoms with Gasteiger partial charge in [-0.25, -0.2) is 9.78 Å². The highest BCUT2D eigenvalue weighted by Gasteiger charge is 2.37. The number of ether oxygens (including phenoxy) is 2. The summed E-state index contributed by atoms with van der Waals surface area (Å²) in [5.74, 6) is -2.63. The summed E-state index contributed by atoms with van der Waals surface area (Å²) in [5.41, 5.74) is -1.82. The van der Waals surface area contributed by atoms with Crippen molar-refractivity contribution in [2.24, 2.45) is 0 Å². The van der Waals surface area contributed by atoms with Crippen molar-refractivity contribution in [3.05, 3.63) is 41.6 Å². The molecule has 0 spiro atoms. The Hall–Kier alpha value is -3.25. The predicted molar refractivity (Wildman–Crippen MR) is 83.7 cm³/mol. The highest BCUT2D eigenvalue weighted by molar-refractivity contribution is 5.93. The van der Waals surface area contributed by atoms with Crippen molar-refractivity contribution in [2.45, 2.75) is 18.6 Å². The summed E-state index contributed by atoms with van der Waals surface area (Å²) in [6.45, 7) is 0.0926. The first-order valence-electron chi connectivity index (χ1n) is 7.87. The second-order valence-corrected chi connectivity index (χ2v) is 5.90. The average molecular weight is 423 g/mol. The van der Waals surface area contributed by atoms with Gasteiger partial charge in [-0.2, -0.15) is 18.2 Å². The number of hydrogen-bond donors (Lipinski definition) is 1. The van der Waals surface area contributed by atoms with E-state index in [9.17, 15) is 31.1 Å². The third kappa shape index (κ3) is 4.97. The zero-order valence-electron chi connectivity index (χ0n) is 14.2. The molecule has 2 aromatic rings. The molecule has 3 heterocycles. The number of halogens is 6. The fraction of sp³-hybridized carbons (Fsp3) is 0.312. The lowest BCUT2D eigenvalue weighted by atomic mass is 10.1. The molecule has 0 aliphatic carbocycles. The number of carboxylic acids is 1. The van der Waals surface area contributed by atoms with Gasteiger partial charge < -0.3 is 19.5 Å². The summed E-state index contributed by atoms with van der Waals surface area (Å²) in [7, 11) is 0. The van der Waals surface area contributed by atoms with Crippen molar-refractivity contribution < 1.29 is 45.7 Å². The minimum absolute atomic E-state index is 0.0463. The molecule has 1 aliphatic rings. The van der Waals surface area contributed by atoms with Crippen LogP contribution in [0.4, 0.5) is 32.2 Å². The molecule has 29 heavy (non-hydrogen) atoms. The van der Waals surface area contributed by atoms with E-state index in [-0.39, 0.29) is 24.8 Å². The maximum absolute atomic E-state index is 12.7. The summed E-state index contributed by atoms with van der Waals surface area (Å²) in [5, 5.41) is 9.17. The fourth-order valence-electron chi connectivity index (χ4n) is 2.52. The predicted octanol–water partition coefficient (Wildman–Crippen LogP) is 3.36. The van der Waals surface area contributed by atoms with E-state index in [0.29, 0.717) is 12.3 Å². The quantitative estimate of drug-likeness (QED) is 0.739. The Labute approximate surface area is 158 Å². The highest BCUT2D eigenvalue weighted by atomic mass is 19.4. The molecule has 1 fully saturated rings. The van der Waals surface area contributed by atoms with E-state index in [4.69, 9.17) is 9.84 Å². The van der Waals surface area contributed by atoms with Gasteiger partial charge in [-0.3, -0.25) is 0 Å². The summed E-state index contributed by atoms with van der Waals surface area (Å²) in [6, 6.07) is 4.00. The first-order valence-corrected chi connectivity index (χ1v) is 7.87. The minimum atomic E-state index is -4.92. The first-order chi connectivity index (χ1) is 13.4. The Kier molecular flexibility index (Phi) is 5.15. The van der Waals surface area contributed by atoms with Gasteiger partial charge in [-0.1, -0.05) is 6.07 Å². The number of pyridine rings is 2. The number of rotatable bonds is 5. The monoisotopic (exact) mass is 423 g/mol. The second kappa shape index (κ2) is 7.29. The van der Waals surface area contributed by atoms with Gasteiger partial charge in [0.2, 0.25) is 11.8 Å². The van der Waals surface area contributed by atoms with Crippen LogP contribution in [0.1, 0.15) is 15.9 Å². The van der Waals surface area contributed by atoms with Crippen molar-refractivity contribution in [3.63, 3.8) is 0 Å². The number of carbonyl (C=O) groups is 1. The van der Waals surface area contributed by atoms with Crippen molar-refractivity contribution >= 4 is 11.8 Å². The van der Waals surface area contributed by atoms with Crippen molar-refractivity contribution in [1.29, 1.82) is 0 Å². The summed E-state index contributed by atoms with van der Waals surface area (Å²) in [4.78, 5) is 19.8. The third-order valence-corrected chi connectivity index (χ3v) is 3.78. The van der Waals surface area contributed by atoms with Crippen molar-refractivity contribution in [3.8, 4) is 11.8 Å². The molecule has 0 atom stereocenters. The van der Waals surface area contributed by atoms with Crippen LogP contribution in [0.25, 0.3) is 0 Å². The molecule has 2 aromatic heterocycles. The largest absolute Gasteiger partial charge is 0.574 e. The second-order valence-electron chi connectivity index (χ2n) is 5.90. The molecule has 1 saturated heterocycles. The van der Waals surface area contributed by atoms with Crippen LogP contribution in [0, 0.1) is 0 Å². The molecule has 7 nitrogen and oxygen atoms in total. The smallest absolute Gasteiger partial charge is 0.478 e. The van der Waals surface area contributed by atoms with Crippen LogP contribution in [0.15, 0.2) is 30.5 Å². The Bertz CT molecular complexity index is 912. The van der Waals surface area contributed by atoms with Gasteiger partial charge in [-0.15, -0.1) is 13.2 Å². The average Bonchev–Trinajstić information content (AvgIpc) is 2.55. The molecule has 156 valence electrons. The van der Waals surface area contributed by atoms with E-state index in [1.807, 2.05) is 0 Å². The molecule has 0 aromatic carbocycles. The van der Waals surface area contributed by atoms with Crippen LogP contribution in [-0.4, -0.2) is 46.6 Å². The first kappa shape index (κ1) is 20.5. The van der Waals surface area contributed by atoms with Gasteiger partial charge in [0.25, 0.3) is 0 Å². The molecular weight excluding hydrogens is 412 g/mol. The molecule has 0 saturated carbocycles. The Morgan fingerprint density at radius 3 is 2.38 bits per heavy atom. The van der Waals surface area contributed by atoms with Crippen LogP contribution in [0.3, 0.4) is 0 Å². The Morgan fingerprint density at radius 1 is 1.14 bits per heavy atom. The standard InChI is InChI=1S/C16H11F6N3O4/c17-15(18,19)8-4-10(14(26)27)13(23-5-8)25-6-9(7-25)28-11-2-1-3-12(24-11)29-16(20,21)22/h1-5,9H,6-7H2,(H,26,27). The Morgan fingerprint density at radius 2 is 1.79 bits per heavy atom. The zero-order valence-corrected chi connectivity index (χ0v) is 14.2. The van der Waals surface area contributed by atoms with Crippen LogP contribution < -0.4 is 14.4 Å². The molecular formula is C16H11F6N3O4. The number of alkyl halides is 6. The maximum atomic E-state index is 12.7. The topological polar surface area (TPSA) is 84.8 Å². The van der Waals surface area contributed by atoms with E-state index in [2.05, 4.69) is 14.7 Å². The third-order valence-electron chi connectivity index (χ3n) is 3.78. The van der Waals surface area contributed by atoms with Gasteiger partial charge in [0.1, 0.15) is 17.5 Å². The van der Waals surface area contributed by atoms with Gasteiger partial charge in [0, 0.05) is 18.3 Å². The molecule has 1 aliphatic heterocycles. The number of hydrogen-bond acceptors (Lipinski definition) is 6. The number of aromatic carboxylic acids is 1. The van der Waals surface area contributed by atoms with Gasteiger partial charge in [-0.05, 0) is 6.07 Å². The lowest BCUT2D eigenvalue weighted by molar-refractivity contribution is -0.276. The van der Waals surface area contributed by atoms with E-state index in [1.54, 1.807) is 0 Å².